The predicted molar refractivity (Wildman–Crippen MR) is 121 cm³/mol. The molecule has 3 heterocycles. The lowest BCUT2D eigenvalue weighted by molar-refractivity contribution is -0.137. The van der Waals surface area contributed by atoms with E-state index in [4.69, 9.17) is 0 Å². The molecule has 2 aliphatic rings. The molecule has 1 atom stereocenters. The molecule has 33 heavy (non-hydrogen) atoms. The molecule has 2 aromatic heterocycles. The molecule has 0 unspecified atom stereocenters. The summed E-state index contributed by atoms with van der Waals surface area (Å²) in [4.78, 5) is 22.1. The number of nitrogens with zero attached hydrogens (tertiary/aromatic N) is 4. The summed E-state index contributed by atoms with van der Waals surface area (Å²) >= 11 is 1.52. The van der Waals surface area contributed by atoms with Crippen molar-refractivity contribution >= 4 is 28.1 Å². The number of carbonyl (C=O) groups is 1. The first-order valence-corrected chi connectivity index (χ1v) is 12.0. The van der Waals surface area contributed by atoms with Crippen molar-refractivity contribution in [2.45, 2.75) is 51.2 Å². The van der Waals surface area contributed by atoms with Crippen LogP contribution in [-0.2, 0) is 23.8 Å². The molecule has 0 radical (unpaired) electrons. The number of fused-ring (bicyclic) bond motifs is 1. The lowest BCUT2D eigenvalue weighted by Gasteiger charge is -2.38. The topological polar surface area (TPSA) is 72.3 Å². The molecule has 1 fully saturated rings. The molecule has 0 spiro atoms. The summed E-state index contributed by atoms with van der Waals surface area (Å²) in [5.74, 6) is 0.350. The third-order valence-corrected chi connectivity index (χ3v) is 7.62. The van der Waals surface area contributed by atoms with Crippen LogP contribution in [0.4, 0.5) is 24.0 Å². The van der Waals surface area contributed by atoms with Gasteiger partial charge in [-0.15, -0.1) is 11.3 Å². The van der Waals surface area contributed by atoms with Crippen LogP contribution in [0.3, 0.4) is 0 Å². The monoisotopic (exact) mass is 477 g/mol. The summed E-state index contributed by atoms with van der Waals surface area (Å²) in [6.07, 6.45) is 1.65. The lowest BCUT2D eigenvalue weighted by Crippen LogP contribution is -2.53. The summed E-state index contributed by atoms with van der Waals surface area (Å²) in [6.45, 7) is 4.14. The number of halogens is 3. The van der Waals surface area contributed by atoms with Crippen molar-refractivity contribution in [2.75, 3.05) is 36.4 Å². The van der Waals surface area contributed by atoms with Crippen LogP contribution in [0.15, 0.2) is 18.3 Å². The first kappa shape index (κ1) is 23.5. The molecule has 10 heteroatoms. The highest BCUT2D eigenvalue weighted by Crippen LogP contribution is 2.37. The van der Waals surface area contributed by atoms with Crippen LogP contribution >= 0.6 is 11.3 Å². The van der Waals surface area contributed by atoms with Crippen molar-refractivity contribution in [1.29, 1.82) is 5.26 Å². The van der Waals surface area contributed by atoms with E-state index in [0.29, 0.717) is 42.6 Å². The SMILES string of the molecule is C[C@@H](C(=O)Nc1sc2c(c1C#N)CCCCC2)N1CCN(c2ccc(C(F)(F)F)cn2)CC1. The van der Waals surface area contributed by atoms with E-state index >= 15 is 0 Å². The van der Waals surface area contributed by atoms with Crippen molar-refractivity contribution in [1.82, 2.24) is 9.88 Å². The summed E-state index contributed by atoms with van der Waals surface area (Å²) in [5.41, 5.74) is 0.939. The van der Waals surface area contributed by atoms with Crippen molar-refractivity contribution < 1.29 is 18.0 Å². The number of rotatable bonds is 4. The van der Waals surface area contributed by atoms with Gasteiger partial charge < -0.3 is 10.2 Å². The number of hydrogen-bond acceptors (Lipinski definition) is 6. The normalized spacial score (nSPS) is 18.2. The van der Waals surface area contributed by atoms with E-state index in [-0.39, 0.29) is 11.9 Å². The smallest absolute Gasteiger partial charge is 0.354 e. The largest absolute Gasteiger partial charge is 0.417 e. The molecule has 1 amide bonds. The Labute approximate surface area is 195 Å². The van der Waals surface area contributed by atoms with Crippen LogP contribution in [0.25, 0.3) is 0 Å². The third-order valence-electron chi connectivity index (χ3n) is 6.41. The second kappa shape index (κ2) is 9.69. The van der Waals surface area contributed by atoms with Gasteiger partial charge in [-0.3, -0.25) is 9.69 Å². The van der Waals surface area contributed by atoms with Crippen LogP contribution in [0.1, 0.15) is 47.8 Å². The summed E-state index contributed by atoms with van der Waals surface area (Å²) < 4.78 is 38.3. The summed E-state index contributed by atoms with van der Waals surface area (Å²) in [5, 5.41) is 13.3. The van der Waals surface area contributed by atoms with E-state index in [1.54, 1.807) is 0 Å². The van der Waals surface area contributed by atoms with Gasteiger partial charge in [0.2, 0.25) is 5.91 Å². The third kappa shape index (κ3) is 5.14. The Morgan fingerprint density at radius 1 is 1.18 bits per heavy atom. The van der Waals surface area contributed by atoms with Gasteiger partial charge in [0.15, 0.2) is 0 Å². The number of nitrogens with one attached hydrogen (secondary N) is 1. The quantitative estimate of drug-likeness (QED) is 0.659. The Hall–Kier alpha value is -2.64. The minimum Gasteiger partial charge on any atom is -0.354 e. The Morgan fingerprint density at radius 2 is 1.91 bits per heavy atom. The fraction of sp³-hybridized carbons (Fsp3) is 0.522. The number of pyridine rings is 1. The summed E-state index contributed by atoms with van der Waals surface area (Å²) in [6, 6.07) is 4.33. The van der Waals surface area contributed by atoms with Gasteiger partial charge in [-0.1, -0.05) is 6.42 Å². The number of amides is 1. The molecule has 1 saturated heterocycles. The van der Waals surface area contributed by atoms with Gasteiger partial charge in [0, 0.05) is 37.3 Å². The van der Waals surface area contributed by atoms with Crippen molar-refractivity contribution in [3.63, 3.8) is 0 Å². The molecule has 4 rings (SSSR count). The average Bonchev–Trinajstić information content (AvgIpc) is 2.96. The van der Waals surface area contributed by atoms with Crippen LogP contribution in [0.5, 0.6) is 0 Å². The highest BCUT2D eigenvalue weighted by atomic mass is 32.1. The molecular formula is C23H26F3N5OS. The fourth-order valence-electron chi connectivity index (χ4n) is 4.41. The molecule has 0 bridgehead atoms. The second-order valence-electron chi connectivity index (χ2n) is 8.47. The number of nitriles is 1. The van der Waals surface area contributed by atoms with Gasteiger partial charge in [0.05, 0.1) is 17.2 Å². The fourth-order valence-corrected chi connectivity index (χ4v) is 5.65. The van der Waals surface area contributed by atoms with E-state index in [1.165, 1.54) is 28.7 Å². The summed E-state index contributed by atoms with van der Waals surface area (Å²) in [7, 11) is 0. The first-order valence-electron chi connectivity index (χ1n) is 11.2. The lowest BCUT2D eigenvalue weighted by atomic mass is 10.1. The predicted octanol–water partition coefficient (Wildman–Crippen LogP) is 4.45. The zero-order chi connectivity index (χ0) is 23.6. The van der Waals surface area contributed by atoms with E-state index < -0.39 is 11.7 Å². The number of alkyl halides is 3. The molecule has 6 nitrogen and oxygen atoms in total. The highest BCUT2D eigenvalue weighted by molar-refractivity contribution is 7.16. The average molecular weight is 478 g/mol. The Morgan fingerprint density at radius 3 is 2.55 bits per heavy atom. The Kier molecular flexibility index (Phi) is 6.91. The zero-order valence-electron chi connectivity index (χ0n) is 18.4. The van der Waals surface area contributed by atoms with Gasteiger partial charge in [0.25, 0.3) is 0 Å². The van der Waals surface area contributed by atoms with E-state index in [0.717, 1.165) is 43.5 Å². The molecule has 2 aromatic rings. The number of aromatic nitrogens is 1. The van der Waals surface area contributed by atoms with Gasteiger partial charge in [-0.2, -0.15) is 18.4 Å². The number of thiophene rings is 1. The molecule has 1 aliphatic carbocycles. The van der Waals surface area contributed by atoms with Gasteiger partial charge in [-0.25, -0.2) is 4.98 Å². The number of aryl methyl sites for hydroxylation is 1. The minimum atomic E-state index is -4.40. The Bertz CT molecular complexity index is 1040. The maximum absolute atomic E-state index is 13.0. The number of hydrogen-bond donors (Lipinski definition) is 1. The Balaban J connectivity index is 1.36. The number of piperazine rings is 1. The second-order valence-corrected chi connectivity index (χ2v) is 9.58. The molecule has 1 N–H and O–H groups in total. The van der Waals surface area contributed by atoms with Gasteiger partial charge in [0.1, 0.15) is 16.9 Å². The van der Waals surface area contributed by atoms with E-state index in [2.05, 4.69) is 16.4 Å². The van der Waals surface area contributed by atoms with Gasteiger partial charge in [-0.05, 0) is 50.3 Å². The maximum Gasteiger partial charge on any atom is 0.417 e. The van der Waals surface area contributed by atoms with Crippen molar-refractivity contribution in [2.24, 2.45) is 0 Å². The van der Waals surface area contributed by atoms with Crippen molar-refractivity contribution in [3.05, 3.63) is 39.9 Å². The molecule has 176 valence electrons. The van der Waals surface area contributed by atoms with E-state index in [9.17, 15) is 23.2 Å². The van der Waals surface area contributed by atoms with Crippen LogP contribution in [-0.4, -0.2) is 48.0 Å². The highest BCUT2D eigenvalue weighted by Gasteiger charge is 2.32. The maximum atomic E-state index is 13.0. The van der Waals surface area contributed by atoms with Gasteiger partial charge >= 0.3 is 6.18 Å². The van der Waals surface area contributed by atoms with Crippen LogP contribution in [0, 0.1) is 11.3 Å². The van der Waals surface area contributed by atoms with Crippen LogP contribution < -0.4 is 10.2 Å². The first-order chi connectivity index (χ1) is 15.8. The van der Waals surface area contributed by atoms with Crippen molar-refractivity contribution in [3.8, 4) is 6.07 Å². The van der Waals surface area contributed by atoms with E-state index in [1.807, 2.05) is 16.7 Å². The molecule has 1 aliphatic heterocycles. The molecule has 0 saturated carbocycles. The standard InChI is InChI=1S/C23H26F3N5OS/c1-15(21(32)29-22-18(13-27)17-5-3-2-4-6-19(17)33-22)30-9-11-31(12-10-30)20-8-7-16(14-28-20)23(24,25)26/h7-8,14-15H,2-6,9-12H2,1H3,(H,29,32)/t15-/m0/s1. The minimum absolute atomic E-state index is 0.149. The number of anilines is 2. The zero-order valence-corrected chi connectivity index (χ0v) is 19.2. The molecule has 0 aromatic carbocycles. The molecular weight excluding hydrogens is 451 g/mol. The van der Waals surface area contributed by atoms with Crippen LogP contribution in [0.2, 0.25) is 0 Å². The number of carbonyl (C=O) groups excluding carboxylic acids is 1.